The average molecular weight is 276 g/mol. The van der Waals surface area contributed by atoms with Crippen molar-refractivity contribution in [2.75, 3.05) is 6.26 Å². The second-order valence-corrected chi connectivity index (χ2v) is 5.02. The third-order valence-electron chi connectivity index (χ3n) is 1.55. The fourth-order valence-electron chi connectivity index (χ4n) is 1.01. The molecule has 2 rings (SSSR count). The highest BCUT2D eigenvalue weighted by Crippen LogP contribution is 2.21. The molecule has 0 aliphatic heterocycles. The molecule has 1 aromatic heterocycles. The zero-order valence-electron chi connectivity index (χ0n) is 8.87. The van der Waals surface area contributed by atoms with Gasteiger partial charge in [0.1, 0.15) is 0 Å². The van der Waals surface area contributed by atoms with Crippen molar-refractivity contribution in [2.24, 2.45) is 0 Å². The Morgan fingerprint density at radius 1 is 1.35 bits per heavy atom. The summed E-state index contributed by atoms with van der Waals surface area (Å²) >= 11 is 5.80. The second kappa shape index (κ2) is 5.81. The molecule has 0 aliphatic rings. The van der Waals surface area contributed by atoms with Gasteiger partial charge in [-0.3, -0.25) is 4.55 Å². The molecule has 0 bridgehead atoms. The number of hydrogen-bond acceptors (Lipinski definition) is 4. The van der Waals surface area contributed by atoms with Crippen LogP contribution < -0.4 is 0 Å². The van der Waals surface area contributed by atoms with Crippen LogP contribution in [0, 0.1) is 0 Å². The molecule has 0 unspecified atom stereocenters. The van der Waals surface area contributed by atoms with Crippen LogP contribution in [0.3, 0.4) is 0 Å². The molecule has 0 saturated heterocycles. The summed E-state index contributed by atoms with van der Waals surface area (Å²) < 4.78 is 30.8. The Labute approximate surface area is 104 Å². The predicted molar refractivity (Wildman–Crippen MR) is 64.4 cm³/mol. The Morgan fingerprint density at radius 2 is 2.00 bits per heavy atom. The zero-order chi connectivity index (χ0) is 12.9. The fourth-order valence-corrected chi connectivity index (χ4v) is 1.20. The summed E-state index contributed by atoms with van der Waals surface area (Å²) in [6, 6.07) is 9.25. The van der Waals surface area contributed by atoms with E-state index in [-0.39, 0.29) is 0 Å². The summed E-state index contributed by atoms with van der Waals surface area (Å²) in [5.74, 6) is 0.734. The number of nitrogens with zero attached hydrogens (tertiary/aromatic N) is 1. The summed E-state index contributed by atoms with van der Waals surface area (Å²) in [4.78, 5) is 0. The van der Waals surface area contributed by atoms with E-state index in [0.29, 0.717) is 11.3 Å². The zero-order valence-corrected chi connectivity index (χ0v) is 10.4. The highest BCUT2D eigenvalue weighted by molar-refractivity contribution is 7.85. The van der Waals surface area contributed by atoms with Crippen LogP contribution in [-0.4, -0.2) is 24.4 Å². The van der Waals surface area contributed by atoms with Crippen molar-refractivity contribution in [3.63, 3.8) is 0 Å². The number of rotatable bonds is 1. The molecule has 2 aromatic rings. The lowest BCUT2D eigenvalue weighted by molar-refractivity contribution is 0.432. The minimum Gasteiger partial charge on any atom is -0.356 e. The molecule has 5 nitrogen and oxygen atoms in total. The molecular weight excluding hydrogens is 266 g/mol. The fraction of sp³-hybridized carbons (Fsp3) is 0.100. The molecule has 1 N–H and O–H groups in total. The van der Waals surface area contributed by atoms with E-state index in [0.717, 1.165) is 11.3 Å². The third kappa shape index (κ3) is 6.06. The molecule has 17 heavy (non-hydrogen) atoms. The van der Waals surface area contributed by atoms with E-state index >= 15 is 0 Å². The van der Waals surface area contributed by atoms with E-state index in [9.17, 15) is 8.42 Å². The average Bonchev–Trinajstić information content (AvgIpc) is 2.67. The summed E-state index contributed by atoms with van der Waals surface area (Å²) in [5, 5.41) is 4.31. The van der Waals surface area contributed by atoms with Gasteiger partial charge in [0.2, 0.25) is 0 Å². The largest absolute Gasteiger partial charge is 0.356 e. The molecular formula is C10H10ClNO4S. The van der Waals surface area contributed by atoms with Crippen LogP contribution in [0.1, 0.15) is 0 Å². The van der Waals surface area contributed by atoms with Gasteiger partial charge in [0, 0.05) is 16.7 Å². The maximum absolute atomic E-state index is 9.19. The van der Waals surface area contributed by atoms with Crippen molar-refractivity contribution < 1.29 is 17.5 Å². The van der Waals surface area contributed by atoms with Crippen LogP contribution in [-0.2, 0) is 10.1 Å². The van der Waals surface area contributed by atoms with Gasteiger partial charge in [-0.2, -0.15) is 8.42 Å². The molecule has 0 radical (unpaired) electrons. The normalized spacial score (nSPS) is 10.5. The highest BCUT2D eigenvalue weighted by atomic mass is 35.5. The van der Waals surface area contributed by atoms with Crippen molar-refractivity contribution in [3.05, 3.63) is 41.6 Å². The van der Waals surface area contributed by atoms with Crippen molar-refractivity contribution in [2.45, 2.75) is 0 Å². The first-order valence-electron chi connectivity index (χ1n) is 4.45. The maximum atomic E-state index is 9.19. The first-order chi connectivity index (χ1) is 7.86. The molecule has 0 atom stereocenters. The monoisotopic (exact) mass is 275 g/mol. The van der Waals surface area contributed by atoms with Crippen molar-refractivity contribution in [1.82, 2.24) is 5.16 Å². The molecule has 0 aliphatic carbocycles. The van der Waals surface area contributed by atoms with Gasteiger partial charge in [0.25, 0.3) is 10.1 Å². The van der Waals surface area contributed by atoms with E-state index in [4.69, 9.17) is 20.7 Å². The minimum absolute atomic E-state index is 0.698. The summed E-state index contributed by atoms with van der Waals surface area (Å²) in [6.07, 6.45) is 2.32. The number of halogens is 1. The molecule has 92 valence electrons. The number of aromatic nitrogens is 1. The maximum Gasteiger partial charge on any atom is 0.261 e. The molecule has 7 heteroatoms. The molecule has 0 fully saturated rings. The Morgan fingerprint density at radius 3 is 2.47 bits per heavy atom. The Kier molecular flexibility index (Phi) is 4.68. The van der Waals surface area contributed by atoms with Gasteiger partial charge in [-0.1, -0.05) is 28.9 Å². The highest BCUT2D eigenvalue weighted by Gasteiger charge is 2.00. The van der Waals surface area contributed by atoms with E-state index in [1.165, 1.54) is 0 Å². The van der Waals surface area contributed by atoms with Gasteiger partial charge in [0.05, 0.1) is 12.5 Å². The van der Waals surface area contributed by atoms with Gasteiger partial charge < -0.3 is 4.52 Å². The third-order valence-corrected chi connectivity index (χ3v) is 1.78. The molecule has 1 aromatic carbocycles. The van der Waals surface area contributed by atoms with Crippen LogP contribution >= 0.6 is 11.6 Å². The SMILES string of the molecule is CS(=O)(=O)O.Clc1cccc(-c2ccno2)c1. The van der Waals surface area contributed by atoms with Gasteiger partial charge in [-0.05, 0) is 12.1 Å². The first kappa shape index (κ1) is 13.7. The second-order valence-electron chi connectivity index (χ2n) is 3.12. The number of benzene rings is 1. The Balaban J connectivity index is 0.000000249. The van der Waals surface area contributed by atoms with Gasteiger partial charge in [-0.15, -0.1) is 0 Å². The van der Waals surface area contributed by atoms with Gasteiger partial charge >= 0.3 is 0 Å². The van der Waals surface area contributed by atoms with Crippen molar-refractivity contribution >= 4 is 21.7 Å². The Bertz CT molecular complexity index is 558. The van der Waals surface area contributed by atoms with Crippen LogP contribution in [0.4, 0.5) is 0 Å². The summed E-state index contributed by atoms with van der Waals surface area (Å²) in [7, 11) is -3.67. The quantitative estimate of drug-likeness (QED) is 0.809. The molecule has 0 spiro atoms. The van der Waals surface area contributed by atoms with E-state index in [1.807, 2.05) is 24.3 Å². The van der Waals surface area contributed by atoms with Gasteiger partial charge in [-0.25, -0.2) is 0 Å². The van der Waals surface area contributed by atoms with Crippen LogP contribution in [0.2, 0.25) is 5.02 Å². The minimum atomic E-state index is -3.67. The number of hydrogen-bond donors (Lipinski definition) is 1. The molecule has 1 heterocycles. The predicted octanol–water partition coefficient (Wildman–Crippen LogP) is 2.50. The lowest BCUT2D eigenvalue weighted by Gasteiger charge is -1.94. The van der Waals surface area contributed by atoms with Crippen molar-refractivity contribution in [3.8, 4) is 11.3 Å². The lowest BCUT2D eigenvalue weighted by atomic mass is 10.2. The van der Waals surface area contributed by atoms with Crippen LogP contribution in [0.15, 0.2) is 41.1 Å². The first-order valence-corrected chi connectivity index (χ1v) is 6.68. The van der Waals surface area contributed by atoms with Gasteiger partial charge in [0.15, 0.2) is 5.76 Å². The van der Waals surface area contributed by atoms with Crippen molar-refractivity contribution in [1.29, 1.82) is 0 Å². The summed E-state index contributed by atoms with van der Waals surface area (Å²) in [6.45, 7) is 0. The van der Waals surface area contributed by atoms with E-state index in [2.05, 4.69) is 5.16 Å². The Hall–Kier alpha value is -1.37. The topological polar surface area (TPSA) is 80.4 Å². The van der Waals surface area contributed by atoms with Crippen LogP contribution in [0.25, 0.3) is 11.3 Å². The van der Waals surface area contributed by atoms with E-state index in [1.54, 1.807) is 12.3 Å². The molecule has 0 saturated carbocycles. The van der Waals surface area contributed by atoms with Crippen LogP contribution in [0.5, 0.6) is 0 Å². The smallest absolute Gasteiger partial charge is 0.261 e. The molecule has 0 amide bonds. The standard InChI is InChI=1S/C9H6ClNO.CH4O3S/c10-8-3-1-2-7(6-8)9-4-5-11-12-9;1-5(2,3)4/h1-6H;1H3,(H,2,3,4). The van der Waals surface area contributed by atoms with E-state index < -0.39 is 10.1 Å². The summed E-state index contributed by atoms with van der Waals surface area (Å²) in [5.41, 5.74) is 0.944. The lowest BCUT2D eigenvalue weighted by Crippen LogP contribution is -1.88.